The van der Waals surface area contributed by atoms with Crippen molar-refractivity contribution in [2.24, 2.45) is 14.1 Å². The van der Waals surface area contributed by atoms with Gasteiger partial charge in [0.05, 0.1) is 17.5 Å². The van der Waals surface area contributed by atoms with Crippen molar-refractivity contribution in [3.63, 3.8) is 0 Å². The minimum atomic E-state index is -5.04. The lowest BCUT2D eigenvalue weighted by atomic mass is 9.93. The normalized spacial score (nSPS) is 20.8. The first-order chi connectivity index (χ1) is 22.5. The standard InChI is InChI=1S/C32H36F6N8O2/c1-17(2)27-41-40-18(3)46(27)25-13-23-6-7-24(14-25)45(23)15-19(20-10-21(31(33,34)35)12-22(11-20)32(36,37)38)8-9-44-29(47)26-28(39-16-42(26)4)43(5)30(44)48/h8,10-12,16-17,23-25H,6-7,9,13-15H2,1-5H3/b19-8+. The Kier molecular flexibility index (Phi) is 8.45. The maximum Gasteiger partial charge on any atom is 0.416 e. The topological polar surface area (TPSA) is 95.8 Å². The van der Waals surface area contributed by atoms with Crippen molar-refractivity contribution in [3.05, 3.63) is 79.8 Å². The SMILES string of the molecule is Cc1nnc(C(C)C)n1C1CC2CCC(C1)N2C/C(=C\Cn1c(=O)c2c(ncn2C)n(C)c1=O)c1cc(C(F)(F)F)cc(C(F)(F)F)c1. The van der Waals surface area contributed by atoms with Crippen LogP contribution in [0.5, 0.6) is 0 Å². The highest BCUT2D eigenvalue weighted by atomic mass is 19.4. The van der Waals surface area contributed by atoms with Crippen molar-refractivity contribution >= 4 is 16.7 Å². The number of aromatic nitrogens is 7. The van der Waals surface area contributed by atoms with Gasteiger partial charge in [0.2, 0.25) is 0 Å². The Bertz CT molecular complexity index is 1970. The van der Waals surface area contributed by atoms with Crippen molar-refractivity contribution in [2.45, 2.75) is 89.4 Å². The molecule has 6 rings (SSSR count). The third kappa shape index (κ3) is 5.98. The number of imidazole rings is 1. The summed E-state index contributed by atoms with van der Waals surface area (Å²) >= 11 is 0. The summed E-state index contributed by atoms with van der Waals surface area (Å²) in [4.78, 5) is 32.9. The number of fused-ring (bicyclic) bond motifs is 3. The second kappa shape index (κ2) is 12.0. The van der Waals surface area contributed by atoms with Gasteiger partial charge in [0.15, 0.2) is 11.2 Å². The predicted octanol–water partition coefficient (Wildman–Crippen LogP) is 5.45. The molecule has 2 aliphatic rings. The molecule has 2 aliphatic heterocycles. The Morgan fingerprint density at radius 2 is 1.54 bits per heavy atom. The van der Waals surface area contributed by atoms with Gasteiger partial charge in [0.25, 0.3) is 5.56 Å². The molecule has 258 valence electrons. The van der Waals surface area contributed by atoms with E-state index in [1.54, 1.807) is 7.05 Å². The van der Waals surface area contributed by atoms with E-state index >= 15 is 0 Å². The molecule has 2 saturated heterocycles. The molecule has 0 spiro atoms. The molecular weight excluding hydrogens is 642 g/mol. The third-order valence-corrected chi connectivity index (χ3v) is 9.67. The van der Waals surface area contributed by atoms with Crippen LogP contribution >= 0.6 is 0 Å². The Morgan fingerprint density at radius 1 is 0.938 bits per heavy atom. The molecule has 2 unspecified atom stereocenters. The fourth-order valence-electron chi connectivity index (χ4n) is 7.31. The van der Waals surface area contributed by atoms with E-state index in [1.165, 1.54) is 28.6 Å². The fraction of sp³-hybridized carbons (Fsp3) is 0.531. The summed E-state index contributed by atoms with van der Waals surface area (Å²) in [5.74, 6) is 1.80. The highest BCUT2D eigenvalue weighted by molar-refractivity contribution is 5.70. The monoisotopic (exact) mass is 678 g/mol. The Hall–Kier alpha value is -4.21. The van der Waals surface area contributed by atoms with E-state index in [9.17, 15) is 35.9 Å². The van der Waals surface area contributed by atoms with Crippen molar-refractivity contribution in [3.8, 4) is 0 Å². The van der Waals surface area contributed by atoms with Gasteiger partial charge in [-0.2, -0.15) is 26.3 Å². The molecule has 48 heavy (non-hydrogen) atoms. The summed E-state index contributed by atoms with van der Waals surface area (Å²) in [5, 5.41) is 8.65. The zero-order chi connectivity index (χ0) is 34.9. The Balaban J connectivity index is 1.42. The number of allylic oxidation sites excluding steroid dienone is 1. The number of hydrogen-bond acceptors (Lipinski definition) is 6. The number of halogens is 6. The summed E-state index contributed by atoms with van der Waals surface area (Å²) in [6, 6.07) is 1.59. The number of rotatable bonds is 7. The first kappa shape index (κ1) is 33.7. The van der Waals surface area contributed by atoms with E-state index in [4.69, 9.17) is 0 Å². The number of alkyl halides is 6. The minimum absolute atomic E-state index is 0.00627. The second-order valence-electron chi connectivity index (χ2n) is 13.1. The van der Waals surface area contributed by atoms with Crippen LogP contribution in [-0.2, 0) is 33.0 Å². The van der Waals surface area contributed by atoms with Gasteiger partial charge in [0.1, 0.15) is 11.6 Å². The van der Waals surface area contributed by atoms with Gasteiger partial charge in [0, 0.05) is 51.2 Å². The molecule has 0 saturated carbocycles. The highest BCUT2D eigenvalue weighted by Gasteiger charge is 2.43. The smallest absolute Gasteiger partial charge is 0.328 e. The Labute approximate surface area is 271 Å². The van der Waals surface area contributed by atoms with Crippen LogP contribution in [0.25, 0.3) is 16.7 Å². The predicted molar refractivity (Wildman–Crippen MR) is 165 cm³/mol. The maximum atomic E-state index is 13.9. The number of aryl methyl sites for hydroxylation is 3. The van der Waals surface area contributed by atoms with E-state index in [2.05, 4.69) is 24.6 Å². The number of piperidine rings is 1. The molecule has 0 amide bonds. The summed E-state index contributed by atoms with van der Waals surface area (Å²) in [6.07, 6.45) is -4.29. The lowest BCUT2D eigenvalue weighted by Gasteiger charge is -2.40. The maximum absolute atomic E-state index is 13.9. The molecule has 16 heteroatoms. The molecule has 2 fully saturated rings. The van der Waals surface area contributed by atoms with Gasteiger partial charge < -0.3 is 9.13 Å². The van der Waals surface area contributed by atoms with Crippen molar-refractivity contribution < 1.29 is 26.3 Å². The van der Waals surface area contributed by atoms with Crippen LogP contribution in [0.2, 0.25) is 0 Å². The molecule has 3 aromatic heterocycles. The minimum Gasteiger partial charge on any atom is -0.328 e. The van der Waals surface area contributed by atoms with E-state index < -0.39 is 34.7 Å². The zero-order valence-corrected chi connectivity index (χ0v) is 27.1. The lowest BCUT2D eigenvalue weighted by molar-refractivity contribution is -0.143. The molecule has 0 aliphatic carbocycles. The van der Waals surface area contributed by atoms with Crippen LogP contribution < -0.4 is 11.2 Å². The van der Waals surface area contributed by atoms with Crippen LogP contribution in [-0.4, -0.2) is 57.0 Å². The zero-order valence-electron chi connectivity index (χ0n) is 27.1. The molecule has 4 aromatic rings. The average molecular weight is 679 g/mol. The van der Waals surface area contributed by atoms with Gasteiger partial charge in [-0.3, -0.25) is 18.8 Å². The fourth-order valence-corrected chi connectivity index (χ4v) is 7.31. The molecule has 0 N–H and O–H groups in total. The summed E-state index contributed by atoms with van der Waals surface area (Å²) in [6.45, 7) is 5.63. The summed E-state index contributed by atoms with van der Waals surface area (Å²) in [7, 11) is 3.02. The van der Waals surface area contributed by atoms with Crippen LogP contribution in [0.4, 0.5) is 26.3 Å². The molecular formula is C32H36F6N8O2. The molecule has 1 aromatic carbocycles. The summed E-state index contributed by atoms with van der Waals surface area (Å²) in [5.41, 5.74) is -4.09. The van der Waals surface area contributed by atoms with E-state index in [1.807, 2.05) is 20.8 Å². The molecule has 10 nitrogen and oxygen atoms in total. The number of nitrogens with zero attached hydrogens (tertiary/aromatic N) is 8. The van der Waals surface area contributed by atoms with Gasteiger partial charge in [-0.05, 0) is 61.9 Å². The van der Waals surface area contributed by atoms with Crippen LogP contribution in [0.1, 0.15) is 79.8 Å². The largest absolute Gasteiger partial charge is 0.416 e. The Morgan fingerprint density at radius 3 is 2.10 bits per heavy atom. The van der Waals surface area contributed by atoms with Gasteiger partial charge in [-0.15, -0.1) is 10.2 Å². The van der Waals surface area contributed by atoms with Crippen molar-refractivity contribution in [2.75, 3.05) is 6.54 Å². The quantitative estimate of drug-likeness (QED) is 0.242. The van der Waals surface area contributed by atoms with Crippen LogP contribution in [0, 0.1) is 6.92 Å². The molecule has 2 bridgehead atoms. The van der Waals surface area contributed by atoms with Crippen molar-refractivity contribution in [1.82, 2.24) is 38.3 Å². The van der Waals surface area contributed by atoms with Gasteiger partial charge in [-0.25, -0.2) is 9.78 Å². The van der Waals surface area contributed by atoms with Crippen LogP contribution in [0.3, 0.4) is 0 Å². The van der Waals surface area contributed by atoms with E-state index in [-0.39, 0.29) is 65.5 Å². The second-order valence-corrected chi connectivity index (χ2v) is 13.1. The molecule has 5 heterocycles. The van der Waals surface area contributed by atoms with Gasteiger partial charge >= 0.3 is 18.0 Å². The first-order valence-corrected chi connectivity index (χ1v) is 15.7. The summed E-state index contributed by atoms with van der Waals surface area (Å²) < 4.78 is 89.3. The van der Waals surface area contributed by atoms with E-state index in [0.29, 0.717) is 25.0 Å². The molecule has 0 radical (unpaired) electrons. The number of hydrogen-bond donors (Lipinski definition) is 0. The van der Waals surface area contributed by atoms with Gasteiger partial charge in [-0.1, -0.05) is 19.9 Å². The third-order valence-electron chi connectivity index (χ3n) is 9.67. The highest BCUT2D eigenvalue weighted by Crippen LogP contribution is 2.44. The first-order valence-electron chi connectivity index (χ1n) is 15.7. The number of benzene rings is 1. The van der Waals surface area contributed by atoms with E-state index in [0.717, 1.165) is 29.1 Å². The lowest BCUT2D eigenvalue weighted by Crippen LogP contribution is -2.44. The van der Waals surface area contributed by atoms with Crippen LogP contribution in [0.15, 0.2) is 40.2 Å². The molecule has 2 atom stereocenters. The average Bonchev–Trinajstić information content (AvgIpc) is 3.66. The van der Waals surface area contributed by atoms with Crippen molar-refractivity contribution in [1.29, 1.82) is 0 Å².